The van der Waals surface area contributed by atoms with Crippen LogP contribution in [-0.2, 0) is 11.3 Å². The van der Waals surface area contributed by atoms with Crippen LogP contribution in [0.5, 0.6) is 0 Å². The molecular formula is C15H19N3O2S. The van der Waals surface area contributed by atoms with Crippen LogP contribution in [0.3, 0.4) is 0 Å². The minimum atomic E-state index is -0.484. The van der Waals surface area contributed by atoms with E-state index in [1.165, 1.54) is 11.3 Å². The van der Waals surface area contributed by atoms with Crippen molar-refractivity contribution in [3.05, 3.63) is 39.3 Å². The maximum Gasteiger partial charge on any atom is 0.225 e. The minimum absolute atomic E-state index is 0.0798. The number of carbonyl (C=O) groups is 1. The van der Waals surface area contributed by atoms with Gasteiger partial charge in [-0.2, -0.15) is 0 Å². The first kappa shape index (κ1) is 15.4. The molecule has 2 heterocycles. The Kier molecular flexibility index (Phi) is 4.27. The van der Waals surface area contributed by atoms with Crippen molar-refractivity contribution in [1.82, 2.24) is 15.3 Å². The summed E-state index contributed by atoms with van der Waals surface area (Å²) in [5.74, 6) is -0.0854. The van der Waals surface area contributed by atoms with Crippen LogP contribution < -0.4 is 10.7 Å². The number of hydrogen-bond acceptors (Lipinski definition) is 4. The highest BCUT2D eigenvalue weighted by Crippen LogP contribution is 2.23. The molecule has 0 bridgehead atoms. The van der Waals surface area contributed by atoms with Gasteiger partial charge in [-0.05, 0) is 6.92 Å². The Hall–Kier alpha value is -1.95. The van der Waals surface area contributed by atoms with Gasteiger partial charge >= 0.3 is 0 Å². The van der Waals surface area contributed by atoms with Crippen LogP contribution in [0, 0.1) is 12.3 Å². The van der Waals surface area contributed by atoms with Crippen molar-refractivity contribution in [2.45, 2.75) is 34.2 Å². The summed E-state index contributed by atoms with van der Waals surface area (Å²) in [6.07, 6.45) is 1.71. The van der Waals surface area contributed by atoms with Crippen molar-refractivity contribution in [2.75, 3.05) is 0 Å². The second-order valence-corrected chi connectivity index (χ2v) is 6.85. The number of pyridine rings is 1. The Morgan fingerprint density at radius 2 is 2.14 bits per heavy atom. The van der Waals surface area contributed by atoms with Gasteiger partial charge in [0.15, 0.2) is 5.43 Å². The molecule has 0 aliphatic rings. The van der Waals surface area contributed by atoms with Crippen molar-refractivity contribution in [1.29, 1.82) is 0 Å². The normalized spacial score (nSPS) is 11.4. The second-order valence-electron chi connectivity index (χ2n) is 5.97. The number of aryl methyl sites for hydroxylation is 1. The standard InChI is InChI=1S/C15H19N3O2S/c1-9-5-11(19)10(6-17-14(20)15(2,3)4)13(18-9)12-7-16-8-21-12/h5,7-8H,6H2,1-4H3,(H,17,20)(H,18,19). The monoisotopic (exact) mass is 305 g/mol. The lowest BCUT2D eigenvalue weighted by atomic mass is 9.95. The molecule has 21 heavy (non-hydrogen) atoms. The number of aromatic nitrogens is 2. The third kappa shape index (κ3) is 3.58. The minimum Gasteiger partial charge on any atom is -0.357 e. The first-order valence-corrected chi connectivity index (χ1v) is 7.57. The molecule has 0 aliphatic heterocycles. The fourth-order valence-corrected chi connectivity index (χ4v) is 2.52. The molecule has 0 fully saturated rings. The van der Waals surface area contributed by atoms with E-state index >= 15 is 0 Å². The van der Waals surface area contributed by atoms with Crippen molar-refractivity contribution < 1.29 is 4.79 Å². The zero-order chi connectivity index (χ0) is 15.6. The summed E-state index contributed by atoms with van der Waals surface area (Å²) in [5, 5.41) is 2.83. The van der Waals surface area contributed by atoms with E-state index in [-0.39, 0.29) is 17.9 Å². The molecule has 2 aromatic heterocycles. The fourth-order valence-electron chi connectivity index (χ4n) is 1.87. The average Bonchev–Trinajstić information content (AvgIpc) is 2.89. The van der Waals surface area contributed by atoms with Crippen molar-refractivity contribution in [2.24, 2.45) is 5.41 Å². The molecule has 1 amide bonds. The van der Waals surface area contributed by atoms with Gasteiger partial charge in [-0.3, -0.25) is 14.6 Å². The van der Waals surface area contributed by atoms with Crippen LogP contribution in [0.4, 0.5) is 0 Å². The smallest absolute Gasteiger partial charge is 0.225 e. The molecule has 0 saturated heterocycles. The molecule has 0 spiro atoms. The summed E-state index contributed by atoms with van der Waals surface area (Å²) in [7, 11) is 0. The number of nitrogens with zero attached hydrogens (tertiary/aromatic N) is 1. The molecule has 6 heteroatoms. The molecule has 2 aromatic rings. The number of nitrogens with one attached hydrogen (secondary N) is 2. The van der Waals surface area contributed by atoms with E-state index in [9.17, 15) is 9.59 Å². The van der Waals surface area contributed by atoms with Crippen molar-refractivity contribution in [3.8, 4) is 10.6 Å². The molecule has 0 radical (unpaired) electrons. The lowest BCUT2D eigenvalue weighted by Crippen LogP contribution is -2.35. The largest absolute Gasteiger partial charge is 0.357 e. The predicted octanol–water partition coefficient (Wildman–Crippen LogP) is 2.47. The third-order valence-corrected chi connectivity index (χ3v) is 3.85. The van der Waals surface area contributed by atoms with E-state index in [2.05, 4.69) is 15.3 Å². The van der Waals surface area contributed by atoms with E-state index < -0.39 is 5.41 Å². The lowest BCUT2D eigenvalue weighted by molar-refractivity contribution is -0.128. The number of amides is 1. The van der Waals surface area contributed by atoms with Gasteiger partial charge in [-0.15, -0.1) is 11.3 Å². The molecule has 0 saturated carbocycles. The van der Waals surface area contributed by atoms with Gasteiger partial charge in [0.2, 0.25) is 5.91 Å². The summed E-state index contributed by atoms with van der Waals surface area (Å²) >= 11 is 1.45. The van der Waals surface area contributed by atoms with Crippen molar-refractivity contribution >= 4 is 17.2 Å². The summed E-state index contributed by atoms with van der Waals surface area (Å²) in [5.41, 5.74) is 3.23. The van der Waals surface area contributed by atoms with Gasteiger partial charge in [0.1, 0.15) is 0 Å². The second kappa shape index (κ2) is 5.81. The Morgan fingerprint density at radius 3 is 2.71 bits per heavy atom. The summed E-state index contributed by atoms with van der Waals surface area (Å²) < 4.78 is 0. The number of carbonyl (C=O) groups excluding carboxylic acids is 1. The Balaban J connectivity index is 2.35. The highest BCUT2D eigenvalue weighted by molar-refractivity contribution is 7.13. The first-order chi connectivity index (χ1) is 9.79. The Labute approximate surface area is 127 Å². The van der Waals surface area contributed by atoms with E-state index in [0.717, 1.165) is 16.3 Å². The maximum atomic E-state index is 12.2. The van der Waals surface area contributed by atoms with Gasteiger partial charge in [-0.25, -0.2) is 0 Å². The van der Waals surface area contributed by atoms with Gasteiger partial charge in [0, 0.05) is 35.5 Å². The lowest BCUT2D eigenvalue weighted by Gasteiger charge is -2.18. The van der Waals surface area contributed by atoms with E-state index in [4.69, 9.17) is 0 Å². The first-order valence-electron chi connectivity index (χ1n) is 6.69. The van der Waals surface area contributed by atoms with Crippen LogP contribution >= 0.6 is 11.3 Å². The number of aromatic amines is 1. The average molecular weight is 305 g/mol. The highest BCUT2D eigenvalue weighted by atomic mass is 32.1. The Bertz CT molecular complexity index is 697. The van der Waals surface area contributed by atoms with Crippen LogP contribution in [0.1, 0.15) is 32.0 Å². The van der Waals surface area contributed by atoms with Crippen LogP contribution in [-0.4, -0.2) is 15.9 Å². The van der Waals surface area contributed by atoms with Gasteiger partial charge in [-0.1, -0.05) is 20.8 Å². The van der Waals surface area contributed by atoms with Crippen LogP contribution in [0.15, 0.2) is 22.6 Å². The molecule has 0 aliphatic carbocycles. The third-order valence-electron chi connectivity index (χ3n) is 3.05. The number of H-pyrrole nitrogens is 1. The van der Waals surface area contributed by atoms with Crippen LogP contribution in [0.2, 0.25) is 0 Å². The van der Waals surface area contributed by atoms with Gasteiger partial charge in [0.25, 0.3) is 0 Å². The Morgan fingerprint density at radius 1 is 1.43 bits per heavy atom. The molecular weight excluding hydrogens is 286 g/mol. The molecule has 2 rings (SSSR count). The number of hydrogen-bond donors (Lipinski definition) is 2. The van der Waals surface area contributed by atoms with Crippen molar-refractivity contribution in [3.63, 3.8) is 0 Å². The topological polar surface area (TPSA) is 74.8 Å². The number of rotatable bonds is 3. The zero-order valence-corrected chi connectivity index (χ0v) is 13.4. The van der Waals surface area contributed by atoms with E-state index in [1.54, 1.807) is 17.8 Å². The molecule has 0 unspecified atom stereocenters. The summed E-state index contributed by atoms with van der Waals surface area (Å²) in [6.45, 7) is 7.56. The molecule has 0 atom stereocenters. The van der Waals surface area contributed by atoms with Gasteiger partial charge < -0.3 is 10.3 Å². The SMILES string of the molecule is Cc1cc(=O)c(CNC(=O)C(C)(C)C)c(-c2cncs2)[nH]1. The highest BCUT2D eigenvalue weighted by Gasteiger charge is 2.22. The predicted molar refractivity (Wildman–Crippen MR) is 84.2 cm³/mol. The van der Waals surface area contributed by atoms with E-state index in [1.807, 2.05) is 27.7 Å². The molecule has 112 valence electrons. The fraction of sp³-hybridized carbons (Fsp3) is 0.400. The van der Waals surface area contributed by atoms with E-state index in [0.29, 0.717) is 5.56 Å². The summed E-state index contributed by atoms with van der Waals surface area (Å²) in [4.78, 5) is 32.3. The molecule has 0 aromatic carbocycles. The zero-order valence-electron chi connectivity index (χ0n) is 12.6. The summed E-state index contributed by atoms with van der Waals surface area (Å²) in [6, 6.07) is 1.54. The van der Waals surface area contributed by atoms with Crippen LogP contribution in [0.25, 0.3) is 10.6 Å². The maximum absolute atomic E-state index is 12.2. The molecule has 5 nitrogen and oxygen atoms in total. The van der Waals surface area contributed by atoms with Gasteiger partial charge in [0.05, 0.1) is 16.1 Å². The molecule has 2 N–H and O–H groups in total. The quantitative estimate of drug-likeness (QED) is 0.914. The number of thiazole rings is 1.